The zero-order valence-corrected chi connectivity index (χ0v) is 20.1. The third-order valence-electron chi connectivity index (χ3n) is 6.24. The van der Waals surface area contributed by atoms with E-state index < -0.39 is 17.7 Å². The number of methoxy groups -OCH3 is 1. The van der Waals surface area contributed by atoms with E-state index in [-0.39, 0.29) is 23.3 Å². The minimum absolute atomic E-state index is 0.0656. The smallest absolute Gasteiger partial charge is 0.296 e. The monoisotopic (exact) mass is 459 g/mol. The summed E-state index contributed by atoms with van der Waals surface area (Å²) >= 11 is 0. The summed E-state index contributed by atoms with van der Waals surface area (Å²) in [5.74, 6) is -0.370. The molecule has 6 heteroatoms. The molecule has 1 aliphatic heterocycles. The van der Waals surface area contributed by atoms with Crippen LogP contribution in [0.2, 0.25) is 0 Å². The first-order valence-electron chi connectivity index (χ1n) is 11.2. The van der Waals surface area contributed by atoms with Gasteiger partial charge in [0.15, 0.2) is 0 Å². The fraction of sp³-hybridized carbons (Fsp3) is 0.286. The van der Waals surface area contributed by atoms with Gasteiger partial charge in [0, 0.05) is 5.56 Å². The maximum absolute atomic E-state index is 13.3. The Bertz CT molecular complexity index is 1250. The molecule has 2 heterocycles. The number of furan rings is 1. The zero-order chi connectivity index (χ0) is 24.6. The van der Waals surface area contributed by atoms with Gasteiger partial charge in [0.25, 0.3) is 11.7 Å². The molecule has 3 aromatic rings. The number of carbonyl (C=O) groups excluding carboxylic acids is 2. The lowest BCUT2D eigenvalue weighted by atomic mass is 9.84. The first kappa shape index (κ1) is 23.4. The summed E-state index contributed by atoms with van der Waals surface area (Å²) in [6.07, 6.45) is 1.52. The van der Waals surface area contributed by atoms with Crippen molar-refractivity contribution < 1.29 is 23.8 Å². The Hall–Kier alpha value is -3.80. The van der Waals surface area contributed by atoms with Crippen molar-refractivity contribution in [1.82, 2.24) is 4.90 Å². The van der Waals surface area contributed by atoms with E-state index in [2.05, 4.69) is 20.8 Å². The van der Waals surface area contributed by atoms with E-state index in [4.69, 9.17) is 9.15 Å². The van der Waals surface area contributed by atoms with Crippen molar-refractivity contribution in [1.29, 1.82) is 0 Å². The fourth-order valence-corrected chi connectivity index (χ4v) is 4.23. The molecule has 0 aliphatic carbocycles. The number of aliphatic hydroxyl groups is 1. The van der Waals surface area contributed by atoms with Crippen LogP contribution in [-0.2, 0) is 21.5 Å². The number of ketones is 1. The van der Waals surface area contributed by atoms with Crippen molar-refractivity contribution in [3.63, 3.8) is 0 Å². The van der Waals surface area contributed by atoms with Gasteiger partial charge in [0.2, 0.25) is 0 Å². The minimum Gasteiger partial charge on any atom is -0.507 e. The van der Waals surface area contributed by atoms with E-state index in [0.717, 1.165) is 11.1 Å². The molecule has 1 aliphatic rings. The van der Waals surface area contributed by atoms with Crippen LogP contribution >= 0.6 is 0 Å². The normalized spacial score (nSPS) is 17.9. The zero-order valence-electron chi connectivity index (χ0n) is 20.1. The number of aliphatic hydroxyl groups excluding tert-OH is 1. The van der Waals surface area contributed by atoms with Gasteiger partial charge < -0.3 is 19.2 Å². The first-order chi connectivity index (χ1) is 16.1. The Morgan fingerprint density at radius 3 is 2.38 bits per heavy atom. The standard InChI is InChI=1S/C28H29NO5/c1-17-8-11-19(28(2,3)4)15-22(17)25(30)23-24(18-9-12-20(33-5)13-10-18)29(27(32)26(23)31)16-21-7-6-14-34-21/h6-15,24,30H,16H2,1-5H3/b25-23+. The van der Waals surface area contributed by atoms with Gasteiger partial charge in [-0.25, -0.2) is 0 Å². The Labute approximate surface area is 199 Å². The van der Waals surface area contributed by atoms with E-state index in [1.165, 1.54) is 11.2 Å². The molecule has 1 atom stereocenters. The molecule has 1 fully saturated rings. The average molecular weight is 460 g/mol. The lowest BCUT2D eigenvalue weighted by molar-refractivity contribution is -0.140. The summed E-state index contributed by atoms with van der Waals surface area (Å²) < 4.78 is 10.7. The van der Waals surface area contributed by atoms with Crippen molar-refractivity contribution >= 4 is 17.4 Å². The largest absolute Gasteiger partial charge is 0.507 e. The lowest BCUT2D eigenvalue weighted by Crippen LogP contribution is -2.29. The summed E-state index contributed by atoms with van der Waals surface area (Å²) in [4.78, 5) is 27.9. The molecule has 0 spiro atoms. The van der Waals surface area contributed by atoms with Gasteiger partial charge >= 0.3 is 0 Å². The molecule has 34 heavy (non-hydrogen) atoms. The highest BCUT2D eigenvalue weighted by Crippen LogP contribution is 2.41. The molecule has 0 radical (unpaired) electrons. The summed E-state index contributed by atoms with van der Waals surface area (Å²) in [6.45, 7) is 8.23. The second-order valence-electron chi connectivity index (χ2n) is 9.56. The summed E-state index contributed by atoms with van der Waals surface area (Å²) in [6, 6.07) is 15.7. The first-order valence-corrected chi connectivity index (χ1v) is 11.2. The van der Waals surface area contributed by atoms with Crippen LogP contribution in [0.25, 0.3) is 5.76 Å². The van der Waals surface area contributed by atoms with Crippen LogP contribution < -0.4 is 4.74 Å². The number of carbonyl (C=O) groups is 2. The quantitative estimate of drug-likeness (QED) is 0.309. The van der Waals surface area contributed by atoms with Gasteiger partial charge in [-0.05, 0) is 59.4 Å². The number of rotatable bonds is 5. The number of hydrogen-bond donors (Lipinski definition) is 1. The van der Waals surface area contributed by atoms with E-state index >= 15 is 0 Å². The van der Waals surface area contributed by atoms with Crippen molar-refractivity contribution in [2.24, 2.45) is 0 Å². The van der Waals surface area contributed by atoms with Crippen LogP contribution in [0.4, 0.5) is 0 Å². The van der Waals surface area contributed by atoms with Gasteiger partial charge in [0.05, 0.1) is 31.5 Å². The van der Waals surface area contributed by atoms with Gasteiger partial charge in [-0.3, -0.25) is 9.59 Å². The molecule has 176 valence electrons. The lowest BCUT2D eigenvalue weighted by Gasteiger charge is -2.25. The summed E-state index contributed by atoms with van der Waals surface area (Å²) in [7, 11) is 1.57. The molecule has 0 bridgehead atoms. The van der Waals surface area contributed by atoms with Gasteiger partial charge in [0.1, 0.15) is 17.3 Å². The number of nitrogens with zero attached hydrogens (tertiary/aromatic N) is 1. The van der Waals surface area contributed by atoms with Crippen LogP contribution in [0, 0.1) is 6.92 Å². The van der Waals surface area contributed by atoms with Crippen molar-refractivity contribution in [2.75, 3.05) is 7.11 Å². The van der Waals surface area contributed by atoms with Gasteiger partial charge in [-0.15, -0.1) is 0 Å². The second-order valence-corrected chi connectivity index (χ2v) is 9.56. The van der Waals surface area contributed by atoms with Crippen LogP contribution in [0.5, 0.6) is 5.75 Å². The molecule has 4 rings (SSSR count). The molecule has 1 amide bonds. The molecule has 1 aromatic heterocycles. The molecular weight excluding hydrogens is 430 g/mol. The van der Waals surface area contributed by atoms with Gasteiger partial charge in [-0.2, -0.15) is 0 Å². The van der Waals surface area contributed by atoms with Crippen molar-refractivity contribution in [3.05, 3.63) is 94.4 Å². The Morgan fingerprint density at radius 1 is 1.09 bits per heavy atom. The number of amides is 1. The molecule has 1 N–H and O–H groups in total. The molecule has 2 aromatic carbocycles. The third-order valence-corrected chi connectivity index (χ3v) is 6.24. The van der Waals surface area contributed by atoms with Crippen molar-refractivity contribution in [2.45, 2.75) is 45.7 Å². The topological polar surface area (TPSA) is 80.0 Å². The molecular formula is C28H29NO5. The predicted octanol–water partition coefficient (Wildman–Crippen LogP) is 5.52. The highest BCUT2D eigenvalue weighted by molar-refractivity contribution is 6.46. The number of Topliss-reactive ketones (excluding diaryl/α,β-unsaturated/α-hetero) is 1. The number of ether oxygens (including phenoxy) is 1. The number of likely N-dealkylation sites (tertiary alicyclic amines) is 1. The van der Waals surface area contributed by atoms with Crippen LogP contribution in [0.1, 0.15) is 54.8 Å². The molecule has 6 nitrogen and oxygen atoms in total. The second kappa shape index (κ2) is 8.86. The van der Waals surface area contributed by atoms with E-state index in [1.54, 1.807) is 43.5 Å². The van der Waals surface area contributed by atoms with Crippen molar-refractivity contribution in [3.8, 4) is 5.75 Å². The van der Waals surface area contributed by atoms with E-state index in [0.29, 0.717) is 22.6 Å². The maximum atomic E-state index is 13.3. The molecule has 0 saturated carbocycles. The van der Waals surface area contributed by atoms with Crippen LogP contribution in [-0.4, -0.2) is 28.8 Å². The number of benzene rings is 2. The van der Waals surface area contributed by atoms with Crippen LogP contribution in [0.15, 0.2) is 70.9 Å². The number of aryl methyl sites for hydroxylation is 1. The van der Waals surface area contributed by atoms with Crippen LogP contribution in [0.3, 0.4) is 0 Å². The maximum Gasteiger partial charge on any atom is 0.296 e. The SMILES string of the molecule is COc1ccc(C2/C(=C(\O)c3cc(C(C)(C)C)ccc3C)C(=O)C(=O)N2Cc2ccco2)cc1. The molecule has 1 unspecified atom stereocenters. The fourth-order valence-electron chi connectivity index (χ4n) is 4.23. The molecule has 1 saturated heterocycles. The minimum atomic E-state index is -0.770. The van der Waals surface area contributed by atoms with E-state index in [1.807, 2.05) is 25.1 Å². The average Bonchev–Trinajstić information content (AvgIpc) is 3.40. The summed E-state index contributed by atoms with van der Waals surface area (Å²) in [5, 5.41) is 11.5. The van der Waals surface area contributed by atoms with Gasteiger partial charge in [-0.1, -0.05) is 45.0 Å². The number of hydrogen-bond acceptors (Lipinski definition) is 5. The third kappa shape index (κ3) is 4.23. The Balaban J connectivity index is 1.90. The Kier molecular flexibility index (Phi) is 6.09. The highest BCUT2D eigenvalue weighted by Gasteiger charge is 2.46. The summed E-state index contributed by atoms with van der Waals surface area (Å²) in [5.41, 5.74) is 2.99. The van der Waals surface area contributed by atoms with E-state index in [9.17, 15) is 14.7 Å². The highest BCUT2D eigenvalue weighted by atomic mass is 16.5. The Morgan fingerprint density at radius 2 is 1.79 bits per heavy atom. The predicted molar refractivity (Wildman–Crippen MR) is 129 cm³/mol.